The first-order chi connectivity index (χ1) is 11.8. The minimum atomic E-state index is -0.285. The van der Waals surface area contributed by atoms with Crippen molar-refractivity contribution in [2.45, 2.75) is 39.5 Å². The summed E-state index contributed by atoms with van der Waals surface area (Å²) in [7, 11) is 0. The van der Waals surface area contributed by atoms with Crippen molar-refractivity contribution >= 4 is 28.9 Å². The number of benzene rings is 2. The third-order valence-corrected chi connectivity index (χ3v) is 5.17. The molecule has 0 spiro atoms. The number of hydrogen-bond acceptors (Lipinski definition) is 1. The van der Waals surface area contributed by atoms with Gasteiger partial charge in [-0.1, -0.05) is 56.1 Å². The maximum atomic E-state index is 13.3. The molecule has 0 bridgehead atoms. The number of hydrogen-bond donors (Lipinski definition) is 0. The van der Waals surface area contributed by atoms with Crippen LogP contribution in [0.25, 0.3) is 0 Å². The first-order valence-corrected chi connectivity index (χ1v) is 9.22. The van der Waals surface area contributed by atoms with Crippen LogP contribution in [-0.2, 0) is 5.41 Å². The Morgan fingerprint density at radius 3 is 2.24 bits per heavy atom. The van der Waals surface area contributed by atoms with Crippen molar-refractivity contribution < 1.29 is 4.39 Å². The van der Waals surface area contributed by atoms with E-state index in [0.29, 0.717) is 10.0 Å². The van der Waals surface area contributed by atoms with Crippen molar-refractivity contribution in [2.75, 3.05) is 11.4 Å². The predicted molar refractivity (Wildman–Crippen MR) is 107 cm³/mol. The summed E-state index contributed by atoms with van der Waals surface area (Å²) < 4.78 is 13.3. The Hall–Kier alpha value is -1.51. The van der Waals surface area contributed by atoms with Gasteiger partial charge in [-0.25, -0.2) is 4.39 Å². The second kappa shape index (κ2) is 8.25. The van der Waals surface area contributed by atoms with Gasteiger partial charge in [-0.3, -0.25) is 0 Å². The summed E-state index contributed by atoms with van der Waals surface area (Å²) in [5.41, 5.74) is 2.91. The van der Waals surface area contributed by atoms with Gasteiger partial charge in [-0.2, -0.15) is 0 Å². The third-order valence-electron chi connectivity index (χ3n) is 4.43. The Balaban J connectivity index is 2.49. The lowest BCUT2D eigenvalue weighted by Crippen LogP contribution is -2.35. The van der Waals surface area contributed by atoms with Crippen molar-refractivity contribution in [1.29, 1.82) is 0 Å². The monoisotopic (exact) mass is 379 g/mol. The summed E-state index contributed by atoms with van der Waals surface area (Å²) in [5, 5.41) is 1.10. The SMILES string of the molecule is C/C=C(\N(CCC)c1ccc(F)cc1)C(C)(C)c1ccc(Cl)c(Cl)c1. The van der Waals surface area contributed by atoms with E-state index in [1.165, 1.54) is 12.1 Å². The van der Waals surface area contributed by atoms with E-state index in [1.807, 2.05) is 37.3 Å². The summed E-state index contributed by atoms with van der Waals surface area (Å²) in [6.07, 6.45) is 3.09. The Morgan fingerprint density at radius 2 is 1.72 bits per heavy atom. The predicted octanol–water partition coefficient (Wildman–Crippen LogP) is 7.23. The smallest absolute Gasteiger partial charge is 0.123 e. The molecule has 0 amide bonds. The number of rotatable bonds is 6. The van der Waals surface area contributed by atoms with Crippen molar-refractivity contribution in [3.05, 3.63) is 75.7 Å². The Labute approximate surface area is 160 Å². The highest BCUT2D eigenvalue weighted by atomic mass is 35.5. The van der Waals surface area contributed by atoms with Gasteiger partial charge in [0.2, 0.25) is 0 Å². The lowest BCUT2D eigenvalue weighted by atomic mass is 9.80. The zero-order chi connectivity index (χ0) is 18.6. The van der Waals surface area contributed by atoms with E-state index >= 15 is 0 Å². The van der Waals surface area contributed by atoms with E-state index < -0.39 is 0 Å². The second-order valence-corrected chi connectivity index (χ2v) is 7.37. The van der Waals surface area contributed by atoms with E-state index in [-0.39, 0.29) is 11.2 Å². The van der Waals surface area contributed by atoms with Crippen LogP contribution in [-0.4, -0.2) is 6.54 Å². The van der Waals surface area contributed by atoms with Crippen molar-refractivity contribution in [2.24, 2.45) is 0 Å². The Kier molecular flexibility index (Phi) is 6.53. The minimum absolute atomic E-state index is 0.231. The lowest BCUT2D eigenvalue weighted by molar-refractivity contribution is 0.586. The molecule has 1 nitrogen and oxygen atoms in total. The molecular weight excluding hydrogens is 356 g/mol. The van der Waals surface area contributed by atoms with Gasteiger partial charge < -0.3 is 4.90 Å². The average molecular weight is 380 g/mol. The Morgan fingerprint density at radius 1 is 1.08 bits per heavy atom. The van der Waals surface area contributed by atoms with Crippen molar-refractivity contribution in [3.63, 3.8) is 0 Å². The van der Waals surface area contributed by atoms with Crippen LogP contribution in [0.5, 0.6) is 0 Å². The van der Waals surface area contributed by atoms with Crippen LogP contribution < -0.4 is 4.90 Å². The summed E-state index contributed by atoms with van der Waals surface area (Å²) in [6, 6.07) is 12.4. The molecule has 134 valence electrons. The van der Waals surface area contributed by atoms with Gasteiger partial charge in [-0.05, 0) is 55.3 Å². The normalized spacial score (nSPS) is 12.4. The topological polar surface area (TPSA) is 3.24 Å². The quantitative estimate of drug-likeness (QED) is 0.511. The van der Waals surface area contributed by atoms with Crippen LogP contribution in [0, 0.1) is 5.82 Å². The molecule has 0 atom stereocenters. The zero-order valence-electron chi connectivity index (χ0n) is 15.1. The van der Waals surface area contributed by atoms with Crippen molar-refractivity contribution in [1.82, 2.24) is 0 Å². The molecule has 2 aromatic carbocycles. The fraction of sp³-hybridized carbons (Fsp3) is 0.333. The van der Waals surface area contributed by atoms with Crippen LogP contribution >= 0.6 is 23.2 Å². The van der Waals surface area contributed by atoms with Crippen LogP contribution in [0.2, 0.25) is 10.0 Å². The number of allylic oxidation sites excluding steroid dienone is 2. The molecule has 25 heavy (non-hydrogen) atoms. The molecule has 2 aromatic rings. The standard InChI is InChI=1S/C21H24Cl2FN/c1-5-13-25(17-10-8-16(24)9-11-17)20(6-2)21(3,4)15-7-12-18(22)19(23)14-15/h6-12,14H,5,13H2,1-4H3/b20-6-. The molecule has 0 aliphatic heterocycles. The summed E-state index contributed by atoms with van der Waals surface area (Å²) in [6.45, 7) is 9.33. The van der Waals surface area contributed by atoms with E-state index in [0.717, 1.165) is 29.9 Å². The van der Waals surface area contributed by atoms with E-state index in [1.54, 1.807) is 0 Å². The van der Waals surface area contributed by atoms with Gasteiger partial charge in [0.15, 0.2) is 0 Å². The van der Waals surface area contributed by atoms with Crippen LogP contribution in [0.15, 0.2) is 54.2 Å². The lowest BCUT2D eigenvalue weighted by Gasteiger charge is -2.38. The van der Waals surface area contributed by atoms with Gasteiger partial charge in [0, 0.05) is 23.3 Å². The molecule has 0 aliphatic rings. The van der Waals surface area contributed by atoms with E-state index in [2.05, 4.69) is 31.7 Å². The molecule has 4 heteroatoms. The fourth-order valence-corrected chi connectivity index (χ4v) is 3.42. The largest absolute Gasteiger partial charge is 0.345 e. The van der Waals surface area contributed by atoms with Crippen molar-refractivity contribution in [3.8, 4) is 0 Å². The van der Waals surface area contributed by atoms with E-state index in [9.17, 15) is 4.39 Å². The van der Waals surface area contributed by atoms with Crippen LogP contribution in [0.1, 0.15) is 39.7 Å². The molecule has 0 radical (unpaired) electrons. The minimum Gasteiger partial charge on any atom is -0.345 e. The number of halogens is 3. The molecule has 0 saturated heterocycles. The first-order valence-electron chi connectivity index (χ1n) is 8.46. The molecule has 0 aliphatic carbocycles. The molecule has 2 rings (SSSR count). The maximum Gasteiger partial charge on any atom is 0.123 e. The molecule has 0 unspecified atom stereocenters. The second-order valence-electron chi connectivity index (χ2n) is 6.56. The van der Waals surface area contributed by atoms with Gasteiger partial charge in [0.05, 0.1) is 10.0 Å². The summed E-state index contributed by atoms with van der Waals surface area (Å²) >= 11 is 12.3. The zero-order valence-corrected chi connectivity index (χ0v) is 16.6. The third kappa shape index (κ3) is 4.37. The molecule has 0 heterocycles. The molecule has 0 N–H and O–H groups in total. The molecular formula is C21H24Cl2FN. The molecule has 0 saturated carbocycles. The number of anilines is 1. The molecule has 0 aromatic heterocycles. The maximum absolute atomic E-state index is 13.3. The summed E-state index contributed by atoms with van der Waals surface area (Å²) in [5.74, 6) is -0.231. The Bertz CT molecular complexity index is 751. The van der Waals surface area contributed by atoms with E-state index in [4.69, 9.17) is 23.2 Å². The first kappa shape index (κ1) is 19.8. The average Bonchev–Trinajstić information content (AvgIpc) is 2.57. The highest BCUT2D eigenvalue weighted by Crippen LogP contribution is 2.38. The summed E-state index contributed by atoms with van der Waals surface area (Å²) in [4.78, 5) is 2.24. The van der Waals surface area contributed by atoms with Gasteiger partial charge in [0.25, 0.3) is 0 Å². The number of nitrogens with zero attached hydrogens (tertiary/aromatic N) is 1. The van der Waals surface area contributed by atoms with Gasteiger partial charge >= 0.3 is 0 Å². The van der Waals surface area contributed by atoms with Crippen LogP contribution in [0.4, 0.5) is 10.1 Å². The highest BCUT2D eigenvalue weighted by molar-refractivity contribution is 6.42. The van der Waals surface area contributed by atoms with Gasteiger partial charge in [-0.15, -0.1) is 0 Å². The fourth-order valence-electron chi connectivity index (χ4n) is 3.12. The van der Waals surface area contributed by atoms with Crippen LogP contribution in [0.3, 0.4) is 0 Å². The molecule has 0 fully saturated rings. The van der Waals surface area contributed by atoms with Gasteiger partial charge in [0.1, 0.15) is 5.82 Å². The highest BCUT2D eigenvalue weighted by Gasteiger charge is 2.30.